The Kier molecular flexibility index (Phi) is 5.37. The molecule has 7 heteroatoms. The monoisotopic (exact) mass is 348 g/mol. The molecule has 0 saturated carbocycles. The van der Waals surface area contributed by atoms with Gasteiger partial charge in [0, 0.05) is 54.8 Å². The van der Waals surface area contributed by atoms with Gasteiger partial charge in [0.1, 0.15) is 0 Å². The molecule has 1 aliphatic heterocycles. The predicted octanol–water partition coefficient (Wildman–Crippen LogP) is 2.15. The van der Waals surface area contributed by atoms with Crippen LogP contribution in [0.1, 0.15) is 12.0 Å². The highest BCUT2D eigenvalue weighted by Gasteiger charge is 2.32. The van der Waals surface area contributed by atoms with Crippen molar-refractivity contribution in [3.63, 3.8) is 0 Å². The van der Waals surface area contributed by atoms with Crippen molar-refractivity contribution >= 4 is 11.6 Å². The second-order valence-corrected chi connectivity index (χ2v) is 6.42. The molecule has 1 atom stereocenters. The van der Waals surface area contributed by atoms with Gasteiger partial charge in [0.05, 0.1) is 5.70 Å². The summed E-state index contributed by atoms with van der Waals surface area (Å²) in [6.07, 6.45) is 4.25. The molecule has 1 aromatic rings. The molecule has 1 aliphatic carbocycles. The maximum Gasteiger partial charge on any atom is 0.255 e. The first kappa shape index (κ1) is 16.8. The third-order valence-electron chi connectivity index (χ3n) is 4.33. The predicted molar refractivity (Wildman–Crippen MR) is 94.3 cm³/mol. The average Bonchev–Trinajstić information content (AvgIpc) is 2.60. The third-order valence-corrected chi connectivity index (χ3v) is 4.56. The lowest BCUT2D eigenvalue weighted by Gasteiger charge is -2.33. The van der Waals surface area contributed by atoms with E-state index in [1.807, 2.05) is 36.4 Å². The summed E-state index contributed by atoms with van der Waals surface area (Å²) >= 11 is 6.00. The Morgan fingerprint density at radius 3 is 2.88 bits per heavy atom. The standard InChI is InChI=1S/C17H21ClN4O2/c18-14-3-1-2-13(10-14)12-20-15-4-5-16(22(23)24)17(11-15)21-8-6-19-7-9-21/h1-4,10-11,16,19-20H,5-9,12H2. The number of benzene rings is 1. The van der Waals surface area contributed by atoms with Crippen LogP contribution in [0.25, 0.3) is 0 Å². The number of hydrogen-bond acceptors (Lipinski definition) is 5. The maximum atomic E-state index is 11.4. The number of allylic oxidation sites excluding steroid dienone is 1. The molecule has 6 nitrogen and oxygen atoms in total. The van der Waals surface area contributed by atoms with Crippen molar-refractivity contribution in [3.05, 3.63) is 68.5 Å². The fourth-order valence-corrected chi connectivity index (χ4v) is 3.28. The number of nitrogens with one attached hydrogen (secondary N) is 2. The Hall–Kier alpha value is -2.05. The van der Waals surface area contributed by atoms with Gasteiger partial charge in [-0.05, 0) is 23.8 Å². The van der Waals surface area contributed by atoms with Crippen LogP contribution in [0.15, 0.2) is 47.8 Å². The fraction of sp³-hybridized carbons (Fsp3) is 0.412. The first-order valence-corrected chi connectivity index (χ1v) is 8.50. The number of piperazine rings is 1. The van der Waals surface area contributed by atoms with Crippen LogP contribution in [0.4, 0.5) is 0 Å². The SMILES string of the molecule is O=[N+]([O-])C1CC=C(NCc2cccc(Cl)c2)C=C1N1CCNCC1. The zero-order valence-electron chi connectivity index (χ0n) is 13.4. The summed E-state index contributed by atoms with van der Waals surface area (Å²) in [6.45, 7) is 3.96. The number of rotatable bonds is 5. The third kappa shape index (κ3) is 4.07. The topological polar surface area (TPSA) is 70.4 Å². The van der Waals surface area contributed by atoms with Gasteiger partial charge in [-0.1, -0.05) is 29.8 Å². The van der Waals surface area contributed by atoms with E-state index >= 15 is 0 Å². The van der Waals surface area contributed by atoms with Crippen molar-refractivity contribution < 1.29 is 4.92 Å². The van der Waals surface area contributed by atoms with Crippen molar-refractivity contribution in [2.75, 3.05) is 26.2 Å². The Bertz CT molecular complexity index is 668. The van der Waals surface area contributed by atoms with E-state index in [1.54, 1.807) is 0 Å². The van der Waals surface area contributed by atoms with Gasteiger partial charge in [-0.15, -0.1) is 0 Å². The minimum absolute atomic E-state index is 0.182. The molecule has 0 spiro atoms. The minimum atomic E-state index is -0.653. The van der Waals surface area contributed by atoms with Crippen molar-refractivity contribution in [2.45, 2.75) is 19.0 Å². The van der Waals surface area contributed by atoms with E-state index in [0.29, 0.717) is 18.0 Å². The molecule has 0 amide bonds. The molecule has 1 heterocycles. The summed E-state index contributed by atoms with van der Waals surface area (Å²) in [7, 11) is 0. The molecule has 24 heavy (non-hydrogen) atoms. The lowest BCUT2D eigenvalue weighted by atomic mass is 10.0. The highest BCUT2D eigenvalue weighted by atomic mass is 35.5. The van der Waals surface area contributed by atoms with Gasteiger partial charge in [0.2, 0.25) is 0 Å². The van der Waals surface area contributed by atoms with Gasteiger partial charge in [-0.25, -0.2) is 0 Å². The highest BCUT2D eigenvalue weighted by molar-refractivity contribution is 6.30. The summed E-state index contributed by atoms with van der Waals surface area (Å²) in [5.74, 6) is 0. The van der Waals surface area contributed by atoms with E-state index < -0.39 is 6.04 Å². The quantitative estimate of drug-likeness (QED) is 0.630. The largest absolute Gasteiger partial charge is 0.381 e. The van der Waals surface area contributed by atoms with Crippen LogP contribution in [0.2, 0.25) is 5.02 Å². The van der Waals surface area contributed by atoms with Crippen molar-refractivity contribution in [2.24, 2.45) is 0 Å². The lowest BCUT2D eigenvalue weighted by molar-refractivity contribution is -0.514. The molecule has 1 fully saturated rings. The van der Waals surface area contributed by atoms with E-state index in [4.69, 9.17) is 11.6 Å². The normalized spacial score (nSPS) is 21.0. The number of halogens is 1. The van der Waals surface area contributed by atoms with Gasteiger partial charge >= 0.3 is 0 Å². The Labute approximate surface area is 146 Å². The highest BCUT2D eigenvalue weighted by Crippen LogP contribution is 2.23. The Morgan fingerprint density at radius 2 is 2.17 bits per heavy atom. The summed E-state index contributed by atoms with van der Waals surface area (Å²) in [4.78, 5) is 13.3. The van der Waals surface area contributed by atoms with Crippen LogP contribution in [-0.4, -0.2) is 42.0 Å². The van der Waals surface area contributed by atoms with Crippen LogP contribution in [0.5, 0.6) is 0 Å². The summed E-state index contributed by atoms with van der Waals surface area (Å²) in [6, 6.07) is 7.02. The van der Waals surface area contributed by atoms with Crippen molar-refractivity contribution in [1.29, 1.82) is 0 Å². The number of nitro groups is 1. The minimum Gasteiger partial charge on any atom is -0.381 e. The molecule has 1 aromatic carbocycles. The maximum absolute atomic E-state index is 11.4. The van der Waals surface area contributed by atoms with Gasteiger partial charge in [-0.3, -0.25) is 10.1 Å². The molecule has 1 saturated heterocycles. The van der Waals surface area contributed by atoms with E-state index in [1.165, 1.54) is 0 Å². The number of nitrogens with zero attached hydrogens (tertiary/aromatic N) is 2. The molecule has 1 unspecified atom stereocenters. The first-order chi connectivity index (χ1) is 11.6. The van der Waals surface area contributed by atoms with Crippen LogP contribution in [-0.2, 0) is 6.54 Å². The summed E-state index contributed by atoms with van der Waals surface area (Å²) in [5, 5.41) is 18.7. The molecule has 0 bridgehead atoms. The molecule has 2 aliphatic rings. The lowest BCUT2D eigenvalue weighted by Crippen LogP contribution is -2.46. The second kappa shape index (κ2) is 7.68. The smallest absolute Gasteiger partial charge is 0.255 e. The Morgan fingerprint density at radius 1 is 1.38 bits per heavy atom. The van der Waals surface area contributed by atoms with Gasteiger partial charge in [0.15, 0.2) is 0 Å². The van der Waals surface area contributed by atoms with E-state index in [9.17, 15) is 10.1 Å². The van der Waals surface area contributed by atoms with Gasteiger partial charge in [0.25, 0.3) is 6.04 Å². The summed E-state index contributed by atoms with van der Waals surface area (Å²) < 4.78 is 0. The fourth-order valence-electron chi connectivity index (χ4n) is 3.07. The second-order valence-electron chi connectivity index (χ2n) is 5.99. The zero-order chi connectivity index (χ0) is 16.9. The molecule has 3 rings (SSSR count). The number of hydrogen-bond donors (Lipinski definition) is 2. The molecule has 2 N–H and O–H groups in total. The van der Waals surface area contributed by atoms with Crippen LogP contribution < -0.4 is 10.6 Å². The van der Waals surface area contributed by atoms with Crippen LogP contribution in [0.3, 0.4) is 0 Å². The van der Waals surface area contributed by atoms with E-state index in [0.717, 1.165) is 43.1 Å². The molecule has 0 aromatic heterocycles. The molecule has 0 radical (unpaired) electrons. The van der Waals surface area contributed by atoms with Gasteiger partial charge in [-0.2, -0.15) is 0 Å². The summed E-state index contributed by atoms with van der Waals surface area (Å²) in [5.41, 5.74) is 2.82. The molecule has 128 valence electrons. The average molecular weight is 349 g/mol. The molecular formula is C17H21ClN4O2. The van der Waals surface area contributed by atoms with Crippen LogP contribution in [0, 0.1) is 10.1 Å². The van der Waals surface area contributed by atoms with E-state index in [2.05, 4.69) is 15.5 Å². The van der Waals surface area contributed by atoms with Gasteiger partial charge < -0.3 is 15.5 Å². The molecular weight excluding hydrogens is 328 g/mol. The first-order valence-electron chi connectivity index (χ1n) is 8.13. The zero-order valence-corrected chi connectivity index (χ0v) is 14.1. The van der Waals surface area contributed by atoms with Crippen LogP contribution >= 0.6 is 11.6 Å². The Balaban J connectivity index is 1.71. The van der Waals surface area contributed by atoms with Crippen molar-refractivity contribution in [3.8, 4) is 0 Å². The van der Waals surface area contributed by atoms with E-state index in [-0.39, 0.29) is 4.92 Å². The van der Waals surface area contributed by atoms with Crippen molar-refractivity contribution in [1.82, 2.24) is 15.5 Å².